The van der Waals surface area contributed by atoms with Crippen molar-refractivity contribution in [3.05, 3.63) is 123 Å². The molecule has 0 N–H and O–H groups in total. The number of allylic oxidation sites excluding steroid dienone is 4. The van der Waals surface area contributed by atoms with E-state index < -0.39 is 18.3 Å². The van der Waals surface area contributed by atoms with Gasteiger partial charge in [0.2, 0.25) is 0 Å². The van der Waals surface area contributed by atoms with Gasteiger partial charge in [-0.2, -0.15) is 0 Å². The summed E-state index contributed by atoms with van der Waals surface area (Å²) in [6.45, 7) is 14.6. The van der Waals surface area contributed by atoms with Crippen molar-refractivity contribution in [2.45, 2.75) is 138 Å². The van der Waals surface area contributed by atoms with Crippen LogP contribution in [0.1, 0.15) is 134 Å². The van der Waals surface area contributed by atoms with E-state index in [-0.39, 0.29) is 35.6 Å². The molecule has 298 valence electrons. The van der Waals surface area contributed by atoms with Crippen LogP contribution in [0.15, 0.2) is 100 Å². The van der Waals surface area contributed by atoms with Gasteiger partial charge in [0.1, 0.15) is 0 Å². The first-order valence-electron chi connectivity index (χ1n) is 21.7. The van der Waals surface area contributed by atoms with E-state index in [1.807, 2.05) is 0 Å². The third kappa shape index (κ3) is 8.02. The van der Waals surface area contributed by atoms with Crippen molar-refractivity contribution in [2.24, 2.45) is 11.8 Å². The van der Waals surface area contributed by atoms with Gasteiger partial charge < -0.3 is 0 Å². The molecule has 0 saturated heterocycles. The maximum atomic E-state index is 6.11. The van der Waals surface area contributed by atoms with Crippen LogP contribution in [0.4, 0.5) is 0 Å². The van der Waals surface area contributed by atoms with Gasteiger partial charge in [-0.25, -0.2) is 0 Å². The molecule has 2 saturated carbocycles. The van der Waals surface area contributed by atoms with E-state index in [0.717, 1.165) is 24.7 Å². The normalized spacial score (nSPS) is 17.8. The maximum absolute atomic E-state index is 6.11. The first-order chi connectivity index (χ1) is 25.8. The van der Waals surface area contributed by atoms with Crippen molar-refractivity contribution in [3.63, 3.8) is 0 Å². The van der Waals surface area contributed by atoms with E-state index in [9.17, 15) is 0 Å². The summed E-state index contributed by atoms with van der Waals surface area (Å²) in [5, 5.41) is 0. The number of halogens is 2. The van der Waals surface area contributed by atoms with Gasteiger partial charge in [0.25, 0.3) is 0 Å². The summed E-state index contributed by atoms with van der Waals surface area (Å²) in [5.41, 5.74) is 14.9. The van der Waals surface area contributed by atoms with Gasteiger partial charge in [-0.3, -0.25) is 0 Å². The molecule has 4 aliphatic rings. The monoisotopic (exact) mass is 864 g/mol. The van der Waals surface area contributed by atoms with E-state index in [1.54, 1.807) is 17.7 Å². The molecule has 0 aromatic heterocycles. The summed E-state index contributed by atoms with van der Waals surface area (Å²) in [6, 6.07) is 30.8. The van der Waals surface area contributed by atoms with Crippen molar-refractivity contribution >= 4 is 32.3 Å². The Morgan fingerprint density at radius 3 is 1.62 bits per heavy atom. The molecule has 56 heavy (non-hydrogen) atoms. The predicted octanol–water partition coefficient (Wildman–Crippen LogP) is 15.6. The molecule has 8 rings (SSSR count). The van der Waals surface area contributed by atoms with Crippen molar-refractivity contribution in [3.8, 4) is 33.4 Å². The van der Waals surface area contributed by atoms with Gasteiger partial charge >= 0.3 is 331 Å². The van der Waals surface area contributed by atoms with Gasteiger partial charge in [0, 0.05) is 0 Å². The van der Waals surface area contributed by atoms with Crippen LogP contribution in [0.3, 0.4) is 0 Å². The summed E-state index contributed by atoms with van der Waals surface area (Å²) in [4.78, 5) is 0. The molecule has 4 aliphatic carbocycles. The molecule has 0 unspecified atom stereocenters. The number of fused-ring (bicyclic) bond motifs is 3. The zero-order valence-corrected chi connectivity index (χ0v) is 39.4. The molecule has 4 aromatic carbocycles. The second-order valence-electron chi connectivity index (χ2n) is 20.3. The van der Waals surface area contributed by atoms with Crippen molar-refractivity contribution < 1.29 is 18.3 Å². The zero-order valence-electron chi connectivity index (χ0n) is 35.3. The van der Waals surface area contributed by atoms with Crippen LogP contribution in [0.5, 0.6) is 0 Å². The molecule has 0 amide bonds. The number of benzene rings is 4. The fourth-order valence-corrected chi connectivity index (χ4v) is 32.0. The molecule has 0 heterocycles. The topological polar surface area (TPSA) is 0 Å². The Bertz CT molecular complexity index is 2120. The molecule has 0 nitrogen and oxygen atoms in total. The number of rotatable bonds is 8. The zero-order chi connectivity index (χ0) is 37.7. The molecule has 3 heteroatoms. The van der Waals surface area contributed by atoms with Crippen LogP contribution < -0.4 is 3.27 Å². The Morgan fingerprint density at radius 1 is 0.607 bits per heavy atom. The van der Waals surface area contributed by atoms with E-state index in [0.29, 0.717) is 0 Å². The minimum atomic E-state index is -4.46. The molecular weight excluding hydrogens is 799 g/mol. The van der Waals surface area contributed by atoms with Crippen LogP contribution in [0, 0.1) is 11.8 Å². The van der Waals surface area contributed by atoms with Gasteiger partial charge in [-0.1, -0.05) is 0 Å². The Hall–Kier alpha value is -2.31. The first-order valence-corrected chi connectivity index (χ1v) is 29.4. The second kappa shape index (κ2) is 16.7. The fourth-order valence-electron chi connectivity index (χ4n) is 11.9. The minimum absolute atomic E-state index is 0. The fraction of sp³-hybridized carbons (Fsp3) is 0.453. The third-order valence-corrected chi connectivity index (χ3v) is 31.7. The van der Waals surface area contributed by atoms with E-state index in [2.05, 4.69) is 139 Å². The Balaban J connectivity index is 0.00000266. The molecule has 0 bridgehead atoms. The Morgan fingerprint density at radius 2 is 1.12 bits per heavy atom. The summed E-state index contributed by atoms with van der Waals surface area (Å²) >= 11 is -4.46. The van der Waals surface area contributed by atoms with Crippen LogP contribution in [-0.2, 0) is 35.5 Å². The molecule has 0 aliphatic heterocycles. The summed E-state index contributed by atoms with van der Waals surface area (Å²) in [7, 11) is 0. The standard InChI is InChI=1S/C33H33.2C7H13.C5H5.CH2.2ClH.Zr/c1-32(2,3)30-20-26-24(18-28(30)22-13-9-7-10-14-22)17-25-19-29(23-15-11-8-12-16-23)31(21-27(25)26)33(4,5)6;2*1-7-5-3-2-4-6-7;1-2-4-5-3-1;;;;/h7-16,18,20-21H,17H2,1-6H3;2*7H,1-6H2;1-3H,4H2;1H2;2*1H;. The van der Waals surface area contributed by atoms with Crippen molar-refractivity contribution in [1.29, 1.82) is 0 Å². The van der Waals surface area contributed by atoms with E-state index in [4.69, 9.17) is 4.21 Å². The first kappa shape index (κ1) is 43.3. The molecule has 2 fully saturated rings. The van der Waals surface area contributed by atoms with Crippen LogP contribution in [0.2, 0.25) is 8.26 Å². The Kier molecular flexibility index (Phi) is 12.9. The van der Waals surface area contributed by atoms with Crippen LogP contribution in [-0.4, -0.2) is 4.21 Å². The predicted molar refractivity (Wildman–Crippen MR) is 249 cm³/mol. The number of hydrogen-bond donors (Lipinski definition) is 0. The molecule has 0 radical (unpaired) electrons. The SMILES string of the molecule is Cl.Cl.[CH2]=[Zr]([CH2]C1CCCCC1)([CH2]C1CCCCC1)([C]1=CC=CC1)[c]1c2c(cc(C(C)(C)C)c1-c1ccccc1)-c1cc(C(C)(C)C)c(-c3ccccc3)cc1C2. The summed E-state index contributed by atoms with van der Waals surface area (Å²) < 4.78 is 12.4. The third-order valence-electron chi connectivity index (χ3n) is 14.4. The second-order valence-corrected chi connectivity index (χ2v) is 34.7. The van der Waals surface area contributed by atoms with E-state index in [1.165, 1.54) is 117 Å². The van der Waals surface area contributed by atoms with Gasteiger partial charge in [0.15, 0.2) is 0 Å². The quantitative estimate of drug-likeness (QED) is 0.146. The molecular formula is C53H68Cl2Zr. The average molecular weight is 867 g/mol. The Labute approximate surface area is 353 Å². The van der Waals surface area contributed by atoms with E-state index >= 15 is 0 Å². The van der Waals surface area contributed by atoms with Gasteiger partial charge in [-0.05, 0) is 0 Å². The van der Waals surface area contributed by atoms with Gasteiger partial charge in [0.05, 0.1) is 0 Å². The van der Waals surface area contributed by atoms with Crippen LogP contribution in [0.25, 0.3) is 33.4 Å². The van der Waals surface area contributed by atoms with Crippen molar-refractivity contribution in [1.82, 2.24) is 0 Å². The van der Waals surface area contributed by atoms with Crippen LogP contribution >= 0.6 is 24.8 Å². The van der Waals surface area contributed by atoms with Crippen molar-refractivity contribution in [2.75, 3.05) is 0 Å². The molecule has 0 atom stereocenters. The van der Waals surface area contributed by atoms with Gasteiger partial charge in [-0.15, -0.1) is 24.8 Å². The summed E-state index contributed by atoms with van der Waals surface area (Å²) in [5.74, 6) is 1.57. The molecule has 0 spiro atoms. The summed E-state index contributed by atoms with van der Waals surface area (Å²) in [6.07, 6.45) is 23.6. The number of hydrogen-bond acceptors (Lipinski definition) is 0. The average Bonchev–Trinajstić information content (AvgIpc) is 3.84. The molecule has 4 aromatic rings.